The minimum atomic E-state index is -1.02. The van der Waals surface area contributed by atoms with Crippen LogP contribution in [0.25, 0.3) is 11.5 Å². The predicted molar refractivity (Wildman–Crippen MR) is 78.3 cm³/mol. The fourth-order valence-corrected chi connectivity index (χ4v) is 2.08. The van der Waals surface area contributed by atoms with Crippen molar-refractivity contribution in [1.82, 2.24) is 9.55 Å². The fraction of sp³-hybridized carbons (Fsp3) is 0.0667. The largest absolute Gasteiger partial charge is 0.444 e. The van der Waals surface area contributed by atoms with Crippen molar-refractivity contribution in [2.75, 3.05) is 0 Å². The van der Waals surface area contributed by atoms with Crippen molar-refractivity contribution in [1.29, 1.82) is 0 Å². The molecule has 0 amide bonds. The van der Waals surface area contributed by atoms with Gasteiger partial charge in [-0.25, -0.2) is 13.8 Å². The standard InChI is InChI=1S/C15H9F2N3O4/c16-11-2-1-9(5-12(11)17)15-18-10(8-24-15)6-19-4-3-14(21)13(7-19)20(22)23/h1-5,7-8H,6H2. The maximum Gasteiger partial charge on any atom is 0.332 e. The number of rotatable bonds is 4. The van der Waals surface area contributed by atoms with Gasteiger partial charge >= 0.3 is 5.69 Å². The lowest BCUT2D eigenvalue weighted by molar-refractivity contribution is -0.386. The molecule has 0 fully saturated rings. The summed E-state index contributed by atoms with van der Waals surface area (Å²) >= 11 is 0. The van der Waals surface area contributed by atoms with Crippen LogP contribution in [-0.4, -0.2) is 14.5 Å². The van der Waals surface area contributed by atoms with Gasteiger partial charge in [0.25, 0.3) is 5.43 Å². The van der Waals surface area contributed by atoms with Gasteiger partial charge in [-0.2, -0.15) is 0 Å². The molecule has 3 rings (SSSR count). The smallest absolute Gasteiger partial charge is 0.332 e. The zero-order chi connectivity index (χ0) is 17.3. The number of hydrogen-bond acceptors (Lipinski definition) is 5. The number of hydrogen-bond donors (Lipinski definition) is 0. The number of benzene rings is 1. The Kier molecular flexibility index (Phi) is 3.90. The van der Waals surface area contributed by atoms with Gasteiger partial charge in [-0.3, -0.25) is 14.9 Å². The van der Waals surface area contributed by atoms with E-state index in [1.165, 1.54) is 23.1 Å². The van der Waals surface area contributed by atoms with Crippen molar-refractivity contribution < 1.29 is 18.1 Å². The van der Waals surface area contributed by atoms with Crippen LogP contribution >= 0.6 is 0 Å². The summed E-state index contributed by atoms with van der Waals surface area (Å²) in [5, 5.41) is 10.8. The Morgan fingerprint density at radius 1 is 1.25 bits per heavy atom. The summed E-state index contributed by atoms with van der Waals surface area (Å²) < 4.78 is 32.8. The third-order valence-electron chi connectivity index (χ3n) is 3.22. The average Bonchev–Trinajstić information content (AvgIpc) is 3.00. The van der Waals surface area contributed by atoms with E-state index in [1.54, 1.807) is 0 Å². The van der Waals surface area contributed by atoms with E-state index in [0.29, 0.717) is 5.69 Å². The lowest BCUT2D eigenvalue weighted by atomic mass is 10.2. The highest BCUT2D eigenvalue weighted by atomic mass is 19.2. The van der Waals surface area contributed by atoms with Crippen LogP contribution in [0.3, 0.4) is 0 Å². The van der Waals surface area contributed by atoms with Gasteiger partial charge in [-0.05, 0) is 18.2 Å². The molecule has 0 bridgehead atoms. The molecule has 3 aromatic rings. The molecule has 0 saturated heterocycles. The molecule has 0 atom stereocenters. The van der Waals surface area contributed by atoms with Gasteiger partial charge in [-0.15, -0.1) is 0 Å². The Bertz CT molecular complexity index is 981. The first-order chi connectivity index (χ1) is 11.4. The topological polar surface area (TPSA) is 91.2 Å². The fourth-order valence-electron chi connectivity index (χ4n) is 2.08. The Morgan fingerprint density at radius 3 is 2.75 bits per heavy atom. The summed E-state index contributed by atoms with van der Waals surface area (Å²) in [6, 6.07) is 4.31. The van der Waals surface area contributed by atoms with Gasteiger partial charge in [0.1, 0.15) is 6.26 Å². The molecule has 24 heavy (non-hydrogen) atoms. The molecule has 0 spiro atoms. The minimum Gasteiger partial charge on any atom is -0.444 e. The van der Waals surface area contributed by atoms with Gasteiger partial charge in [0.2, 0.25) is 5.89 Å². The number of halogens is 2. The Morgan fingerprint density at radius 2 is 2.04 bits per heavy atom. The van der Waals surface area contributed by atoms with Crippen molar-refractivity contribution in [3.63, 3.8) is 0 Å². The van der Waals surface area contributed by atoms with Crippen LogP contribution in [-0.2, 0) is 6.54 Å². The molecule has 122 valence electrons. The summed E-state index contributed by atoms with van der Waals surface area (Å²) in [6.07, 6.45) is 3.76. The minimum absolute atomic E-state index is 0.0828. The number of aromatic nitrogens is 2. The second kappa shape index (κ2) is 6.03. The second-order valence-electron chi connectivity index (χ2n) is 4.90. The van der Waals surface area contributed by atoms with E-state index in [1.807, 2.05) is 0 Å². The molecule has 0 saturated carbocycles. The van der Waals surface area contributed by atoms with E-state index >= 15 is 0 Å². The maximum atomic E-state index is 13.2. The van der Waals surface area contributed by atoms with Crippen molar-refractivity contribution in [3.8, 4) is 11.5 Å². The van der Waals surface area contributed by atoms with Crippen LogP contribution in [0.15, 0.2) is 52.1 Å². The Labute approximate surface area is 132 Å². The molecule has 0 radical (unpaired) electrons. The van der Waals surface area contributed by atoms with Crippen LogP contribution in [0.4, 0.5) is 14.5 Å². The molecule has 0 N–H and O–H groups in total. The third-order valence-corrected chi connectivity index (χ3v) is 3.22. The first kappa shape index (κ1) is 15.5. The Balaban J connectivity index is 1.86. The summed E-state index contributed by atoms with van der Waals surface area (Å²) in [5.41, 5.74) is -0.598. The molecule has 0 unspecified atom stereocenters. The molecule has 9 heteroatoms. The van der Waals surface area contributed by atoms with E-state index in [0.717, 1.165) is 24.4 Å². The first-order valence-electron chi connectivity index (χ1n) is 6.68. The summed E-state index contributed by atoms with van der Waals surface area (Å²) in [6.45, 7) is 0.105. The highest BCUT2D eigenvalue weighted by molar-refractivity contribution is 5.53. The van der Waals surface area contributed by atoms with Crippen LogP contribution in [0.2, 0.25) is 0 Å². The summed E-state index contributed by atoms with van der Waals surface area (Å²) in [7, 11) is 0. The number of nitrogens with zero attached hydrogens (tertiary/aromatic N) is 3. The molecular weight excluding hydrogens is 324 g/mol. The van der Waals surface area contributed by atoms with Gasteiger partial charge in [0.15, 0.2) is 11.6 Å². The number of nitro groups is 1. The third kappa shape index (κ3) is 3.05. The second-order valence-corrected chi connectivity index (χ2v) is 4.90. The molecule has 0 aliphatic heterocycles. The normalized spacial score (nSPS) is 10.8. The van der Waals surface area contributed by atoms with E-state index in [9.17, 15) is 23.7 Å². The molecule has 2 heterocycles. The number of pyridine rings is 1. The van der Waals surface area contributed by atoms with Crippen LogP contribution < -0.4 is 5.43 Å². The molecule has 2 aromatic heterocycles. The highest BCUT2D eigenvalue weighted by Crippen LogP contribution is 2.21. The maximum absolute atomic E-state index is 13.2. The van der Waals surface area contributed by atoms with Gasteiger partial charge in [0.05, 0.1) is 23.4 Å². The quantitative estimate of drug-likeness (QED) is 0.541. The SMILES string of the molecule is O=c1ccn(Cc2coc(-c3ccc(F)c(F)c3)n2)cc1[N+](=O)[O-]. The van der Waals surface area contributed by atoms with Crippen molar-refractivity contribution in [2.45, 2.75) is 6.54 Å². The number of oxazole rings is 1. The predicted octanol–water partition coefficient (Wildman–Crippen LogP) is 2.74. The zero-order valence-corrected chi connectivity index (χ0v) is 12.0. The van der Waals surface area contributed by atoms with E-state index in [-0.39, 0.29) is 18.0 Å². The van der Waals surface area contributed by atoms with Crippen molar-refractivity contribution in [3.05, 3.63) is 80.6 Å². The molecule has 0 aliphatic carbocycles. The van der Waals surface area contributed by atoms with Crippen molar-refractivity contribution >= 4 is 5.69 Å². The summed E-state index contributed by atoms with van der Waals surface area (Å²) in [4.78, 5) is 25.5. The van der Waals surface area contributed by atoms with E-state index in [2.05, 4.69) is 4.98 Å². The van der Waals surface area contributed by atoms with Crippen molar-refractivity contribution in [2.24, 2.45) is 0 Å². The molecule has 7 nitrogen and oxygen atoms in total. The van der Waals surface area contributed by atoms with Crippen LogP contribution in [0, 0.1) is 21.7 Å². The van der Waals surface area contributed by atoms with Crippen LogP contribution in [0.1, 0.15) is 5.69 Å². The van der Waals surface area contributed by atoms with E-state index in [4.69, 9.17) is 4.42 Å². The lowest BCUT2D eigenvalue weighted by Crippen LogP contribution is -2.11. The van der Waals surface area contributed by atoms with Gasteiger partial charge < -0.3 is 8.98 Å². The molecule has 0 aliphatic rings. The average molecular weight is 333 g/mol. The van der Waals surface area contributed by atoms with Gasteiger partial charge in [0, 0.05) is 17.8 Å². The highest BCUT2D eigenvalue weighted by Gasteiger charge is 2.14. The van der Waals surface area contributed by atoms with Gasteiger partial charge in [-0.1, -0.05) is 0 Å². The first-order valence-corrected chi connectivity index (χ1v) is 6.68. The monoisotopic (exact) mass is 333 g/mol. The Hall–Kier alpha value is -3.36. The molecule has 1 aromatic carbocycles. The zero-order valence-electron chi connectivity index (χ0n) is 12.0. The summed E-state index contributed by atoms with van der Waals surface area (Å²) in [5.74, 6) is -1.92. The van der Waals surface area contributed by atoms with Crippen LogP contribution in [0.5, 0.6) is 0 Å². The lowest BCUT2D eigenvalue weighted by Gasteiger charge is -2.02. The molecular formula is C15H9F2N3O4. The van der Waals surface area contributed by atoms with E-state index < -0.39 is 27.7 Å².